The molecule has 0 saturated carbocycles. The molecule has 358 valence electrons. The highest BCUT2D eigenvalue weighted by molar-refractivity contribution is 6.19. The first-order chi connectivity index (χ1) is 38.1. The second-order valence-corrected chi connectivity index (χ2v) is 19.8. The van der Waals surface area contributed by atoms with Crippen LogP contribution in [-0.2, 0) is 0 Å². The van der Waals surface area contributed by atoms with E-state index >= 15 is 0 Å². The van der Waals surface area contributed by atoms with Crippen LogP contribution in [-0.4, -0.2) is 33.6 Å². The topological polar surface area (TPSA) is 92.6 Å². The first-order valence-corrected chi connectivity index (χ1v) is 25.8. The number of rotatable bonds is 6. The summed E-state index contributed by atoms with van der Waals surface area (Å²) in [4.78, 5) is 21.6. The highest BCUT2D eigenvalue weighted by Crippen LogP contribution is 2.42. The van der Waals surface area contributed by atoms with E-state index in [2.05, 4.69) is 190 Å². The molecule has 9 nitrogen and oxygen atoms in total. The Hall–Kier alpha value is -10.6. The van der Waals surface area contributed by atoms with Gasteiger partial charge in [-0.2, -0.15) is 9.97 Å². The summed E-state index contributed by atoms with van der Waals surface area (Å²) < 4.78 is 19.4. The molecule has 0 aliphatic heterocycles. The van der Waals surface area contributed by atoms with E-state index in [1.165, 1.54) is 16.3 Å². The van der Waals surface area contributed by atoms with Crippen LogP contribution in [0, 0.1) is 0 Å². The summed E-state index contributed by atoms with van der Waals surface area (Å²) in [7, 11) is 0. The van der Waals surface area contributed by atoms with Gasteiger partial charge in [0.2, 0.25) is 5.95 Å². The number of nitrogens with zero attached hydrogens (tertiary/aromatic N) is 7. The molecule has 0 aliphatic rings. The predicted molar refractivity (Wildman–Crippen MR) is 312 cm³/mol. The van der Waals surface area contributed by atoms with E-state index in [0.717, 1.165) is 127 Å². The standard InChI is InChI=1S/C68H39N7O2/c1-2-15-43(16-3-1)73-55-23-9-4-17-44(55)49-35-40(29-32-58(49)73)54-22-14-28-65(69-54)74-56-24-10-5-18-45(56)50-38-51-46-19-6-11-25-57(46)75(60(51)39-59(50)74)68-71-66(41-30-33-63-52(36-41)47-20-7-12-26-61(47)76-63)70-67(72-68)42-31-34-64-53(37-42)48-21-8-13-27-62(48)77-64/h1-39H. The molecule has 0 atom stereocenters. The third-order valence-electron chi connectivity index (χ3n) is 15.5. The van der Waals surface area contributed by atoms with Crippen molar-refractivity contribution in [2.45, 2.75) is 0 Å². The molecule has 17 rings (SSSR count). The Labute approximate surface area is 437 Å². The Morgan fingerprint density at radius 2 is 0.727 bits per heavy atom. The highest BCUT2D eigenvalue weighted by Gasteiger charge is 2.23. The van der Waals surface area contributed by atoms with E-state index < -0.39 is 0 Å². The van der Waals surface area contributed by atoms with Crippen LogP contribution in [0.25, 0.3) is 161 Å². The fourth-order valence-electron chi connectivity index (χ4n) is 12.0. The van der Waals surface area contributed by atoms with Gasteiger partial charge < -0.3 is 13.4 Å². The van der Waals surface area contributed by atoms with Gasteiger partial charge in [-0.25, -0.2) is 9.97 Å². The Morgan fingerprint density at radius 1 is 0.260 bits per heavy atom. The third-order valence-corrected chi connectivity index (χ3v) is 15.5. The molecule has 17 aromatic rings. The lowest BCUT2D eigenvalue weighted by molar-refractivity contribution is 0.668. The number of fused-ring (bicyclic) bond motifs is 15. The minimum absolute atomic E-state index is 0.497. The van der Waals surface area contributed by atoms with Crippen molar-refractivity contribution in [1.82, 2.24) is 33.6 Å². The van der Waals surface area contributed by atoms with Crippen LogP contribution in [0.3, 0.4) is 0 Å². The predicted octanol–water partition coefficient (Wildman–Crippen LogP) is 17.4. The summed E-state index contributed by atoms with van der Waals surface area (Å²) in [6, 6.07) is 82.7. The van der Waals surface area contributed by atoms with E-state index in [1.54, 1.807) is 0 Å². The number of furan rings is 2. The van der Waals surface area contributed by atoms with Crippen molar-refractivity contribution in [1.29, 1.82) is 0 Å². The Bertz CT molecular complexity index is 5180. The van der Waals surface area contributed by atoms with Crippen LogP contribution in [0.5, 0.6) is 0 Å². The summed E-state index contributed by atoms with van der Waals surface area (Å²) in [5, 5.41) is 10.9. The lowest BCUT2D eigenvalue weighted by Gasteiger charge is -2.12. The van der Waals surface area contributed by atoms with Gasteiger partial charge in [0.15, 0.2) is 11.6 Å². The van der Waals surface area contributed by atoms with Crippen molar-refractivity contribution in [3.63, 3.8) is 0 Å². The van der Waals surface area contributed by atoms with Crippen LogP contribution in [0.4, 0.5) is 0 Å². The number of hydrogen-bond acceptors (Lipinski definition) is 6. The van der Waals surface area contributed by atoms with E-state index in [0.29, 0.717) is 17.6 Å². The van der Waals surface area contributed by atoms with Gasteiger partial charge in [-0.05, 0) is 115 Å². The van der Waals surface area contributed by atoms with Gasteiger partial charge in [0.05, 0.1) is 38.8 Å². The molecule has 0 bridgehead atoms. The molecule has 7 heterocycles. The average Bonchev–Trinajstić information content (AvgIpc) is 4.32. The first kappa shape index (κ1) is 41.8. The van der Waals surface area contributed by atoms with Gasteiger partial charge in [0.25, 0.3) is 0 Å². The molecule has 0 N–H and O–H groups in total. The number of aromatic nitrogens is 7. The number of para-hydroxylation sites is 6. The smallest absolute Gasteiger partial charge is 0.238 e. The number of benzene rings is 10. The minimum atomic E-state index is 0.497. The summed E-state index contributed by atoms with van der Waals surface area (Å²) in [5.74, 6) is 2.40. The molecule has 0 spiro atoms. The monoisotopic (exact) mass is 985 g/mol. The Balaban J connectivity index is 0.884. The number of hydrogen-bond donors (Lipinski definition) is 0. The quantitative estimate of drug-likeness (QED) is 0.165. The molecule has 77 heavy (non-hydrogen) atoms. The lowest BCUT2D eigenvalue weighted by atomic mass is 10.1. The zero-order chi connectivity index (χ0) is 50.3. The zero-order valence-electron chi connectivity index (χ0n) is 41.0. The molecule has 7 aromatic heterocycles. The lowest BCUT2D eigenvalue weighted by Crippen LogP contribution is -2.06. The summed E-state index contributed by atoms with van der Waals surface area (Å²) in [5.41, 5.74) is 14.3. The maximum absolute atomic E-state index is 6.28. The van der Waals surface area contributed by atoms with E-state index in [1.807, 2.05) is 60.7 Å². The Kier molecular flexibility index (Phi) is 8.65. The van der Waals surface area contributed by atoms with Gasteiger partial charge >= 0.3 is 0 Å². The van der Waals surface area contributed by atoms with Crippen LogP contribution < -0.4 is 0 Å². The largest absolute Gasteiger partial charge is 0.456 e. The van der Waals surface area contributed by atoms with Crippen molar-refractivity contribution in [3.8, 4) is 51.5 Å². The number of pyridine rings is 1. The molecule has 0 amide bonds. The van der Waals surface area contributed by atoms with Crippen molar-refractivity contribution >= 4 is 109 Å². The van der Waals surface area contributed by atoms with Crippen molar-refractivity contribution in [3.05, 3.63) is 237 Å². The molecule has 9 heteroatoms. The van der Waals surface area contributed by atoms with Crippen molar-refractivity contribution in [2.24, 2.45) is 0 Å². The molecule has 10 aromatic carbocycles. The molecular formula is C68H39N7O2. The molecule has 0 radical (unpaired) electrons. The summed E-state index contributed by atoms with van der Waals surface area (Å²) in [6.07, 6.45) is 0. The average molecular weight is 986 g/mol. The maximum atomic E-state index is 6.28. The van der Waals surface area contributed by atoms with Crippen LogP contribution in [0.1, 0.15) is 0 Å². The summed E-state index contributed by atoms with van der Waals surface area (Å²) in [6.45, 7) is 0. The van der Waals surface area contributed by atoms with Crippen LogP contribution in [0.2, 0.25) is 0 Å². The minimum Gasteiger partial charge on any atom is -0.456 e. The zero-order valence-corrected chi connectivity index (χ0v) is 41.0. The third kappa shape index (κ3) is 6.22. The van der Waals surface area contributed by atoms with Crippen molar-refractivity contribution < 1.29 is 8.83 Å². The van der Waals surface area contributed by atoms with Crippen LogP contribution >= 0.6 is 0 Å². The van der Waals surface area contributed by atoms with Gasteiger partial charge in [-0.15, -0.1) is 0 Å². The molecule has 0 saturated heterocycles. The molecule has 0 fully saturated rings. The van der Waals surface area contributed by atoms with E-state index in [-0.39, 0.29) is 0 Å². The normalized spacial score (nSPS) is 12.2. The highest BCUT2D eigenvalue weighted by atomic mass is 16.3. The Morgan fingerprint density at radius 3 is 1.35 bits per heavy atom. The van der Waals surface area contributed by atoms with E-state index in [9.17, 15) is 0 Å². The van der Waals surface area contributed by atoms with Gasteiger partial charge in [0, 0.05) is 76.2 Å². The molecular weight excluding hydrogens is 947 g/mol. The van der Waals surface area contributed by atoms with Gasteiger partial charge in [-0.1, -0.05) is 121 Å². The van der Waals surface area contributed by atoms with Gasteiger partial charge in [-0.3, -0.25) is 9.13 Å². The van der Waals surface area contributed by atoms with Gasteiger partial charge in [0.1, 0.15) is 28.1 Å². The molecule has 0 unspecified atom stereocenters. The second-order valence-electron chi connectivity index (χ2n) is 19.8. The second kappa shape index (κ2) is 15.9. The first-order valence-electron chi connectivity index (χ1n) is 25.8. The van der Waals surface area contributed by atoms with E-state index in [4.69, 9.17) is 28.8 Å². The van der Waals surface area contributed by atoms with Crippen LogP contribution in [0.15, 0.2) is 245 Å². The van der Waals surface area contributed by atoms with Crippen molar-refractivity contribution in [2.75, 3.05) is 0 Å². The fourth-order valence-corrected chi connectivity index (χ4v) is 12.0. The SMILES string of the molecule is c1ccc(-n2c3ccccc3c3cc(-c4cccc(-n5c6ccccc6c6cc7c8ccccc8n(-c8nc(-c9ccc%10oc%11ccccc%11c%10c9)nc(-c9ccc%10oc%11ccccc%11c%10c9)n8)c7cc65)n4)ccc32)cc1. The maximum Gasteiger partial charge on any atom is 0.238 e. The molecule has 0 aliphatic carbocycles. The fraction of sp³-hybridized carbons (Fsp3) is 0. The summed E-state index contributed by atoms with van der Waals surface area (Å²) >= 11 is 0.